The molecule has 1 aliphatic rings. The molecule has 1 aromatic rings. The van der Waals surface area contributed by atoms with Crippen LogP contribution in [-0.4, -0.2) is 47.7 Å². The van der Waals surface area contributed by atoms with Crippen molar-refractivity contribution in [1.29, 1.82) is 0 Å². The summed E-state index contributed by atoms with van der Waals surface area (Å²) >= 11 is 0. The van der Waals surface area contributed by atoms with Gasteiger partial charge in [0.1, 0.15) is 0 Å². The van der Waals surface area contributed by atoms with Crippen LogP contribution in [-0.2, 0) is 6.42 Å². The molecule has 1 saturated heterocycles. The molecule has 22 heavy (non-hydrogen) atoms. The SMILES string of the molecule is CN=C(NCCc1nc(C)no1)N1CCC(CC(C)C)C1.I. The van der Waals surface area contributed by atoms with Crippen molar-refractivity contribution in [3.05, 3.63) is 11.7 Å². The minimum atomic E-state index is 0. The fourth-order valence-corrected chi connectivity index (χ4v) is 2.94. The molecule has 7 heteroatoms. The monoisotopic (exact) mass is 421 g/mol. The molecule has 1 aromatic heterocycles. The molecule has 0 saturated carbocycles. The minimum absolute atomic E-state index is 0. The zero-order valence-corrected chi connectivity index (χ0v) is 16.3. The van der Waals surface area contributed by atoms with E-state index in [-0.39, 0.29) is 24.0 Å². The van der Waals surface area contributed by atoms with Crippen molar-refractivity contribution in [3.8, 4) is 0 Å². The van der Waals surface area contributed by atoms with E-state index in [2.05, 4.69) is 39.2 Å². The van der Waals surface area contributed by atoms with E-state index in [1.165, 1.54) is 12.8 Å². The third kappa shape index (κ3) is 5.73. The van der Waals surface area contributed by atoms with E-state index in [1.54, 1.807) is 0 Å². The number of guanidine groups is 1. The summed E-state index contributed by atoms with van der Waals surface area (Å²) in [6.45, 7) is 9.39. The summed E-state index contributed by atoms with van der Waals surface area (Å²) < 4.78 is 5.11. The second kappa shape index (κ2) is 9.32. The molecule has 0 bridgehead atoms. The smallest absolute Gasteiger partial charge is 0.228 e. The van der Waals surface area contributed by atoms with E-state index in [0.29, 0.717) is 11.7 Å². The van der Waals surface area contributed by atoms with Gasteiger partial charge in [-0.1, -0.05) is 19.0 Å². The summed E-state index contributed by atoms with van der Waals surface area (Å²) in [5.41, 5.74) is 0. The molecule has 0 spiro atoms. The minimum Gasteiger partial charge on any atom is -0.356 e. The first-order valence-corrected chi connectivity index (χ1v) is 7.83. The standard InChI is InChI=1S/C15H27N5O.HI/c1-11(2)9-13-6-8-20(10-13)15(16-4)17-7-5-14-18-12(3)19-21-14;/h11,13H,5-10H2,1-4H3,(H,16,17);1H. The van der Waals surface area contributed by atoms with Crippen LogP contribution in [0.3, 0.4) is 0 Å². The Morgan fingerprint density at radius 1 is 1.50 bits per heavy atom. The molecule has 1 atom stereocenters. The van der Waals surface area contributed by atoms with Gasteiger partial charge in [-0.3, -0.25) is 4.99 Å². The molecule has 0 aromatic carbocycles. The molecule has 0 radical (unpaired) electrons. The van der Waals surface area contributed by atoms with Gasteiger partial charge in [-0.05, 0) is 31.6 Å². The van der Waals surface area contributed by atoms with Crippen LogP contribution in [0, 0.1) is 18.8 Å². The highest BCUT2D eigenvalue weighted by molar-refractivity contribution is 14.0. The second-order valence-electron chi connectivity index (χ2n) is 6.19. The third-order valence-corrected chi connectivity index (χ3v) is 3.79. The highest BCUT2D eigenvalue weighted by atomic mass is 127. The van der Waals surface area contributed by atoms with E-state index in [0.717, 1.165) is 43.9 Å². The Bertz CT molecular complexity index is 474. The molecule has 1 unspecified atom stereocenters. The van der Waals surface area contributed by atoms with Crippen LogP contribution in [0.4, 0.5) is 0 Å². The molecule has 126 valence electrons. The molecule has 2 rings (SSSR count). The van der Waals surface area contributed by atoms with Crippen molar-refractivity contribution in [3.63, 3.8) is 0 Å². The maximum Gasteiger partial charge on any atom is 0.228 e. The molecule has 1 N–H and O–H groups in total. The molecule has 1 fully saturated rings. The second-order valence-corrected chi connectivity index (χ2v) is 6.19. The van der Waals surface area contributed by atoms with Gasteiger partial charge in [-0.15, -0.1) is 24.0 Å². The Kier molecular flexibility index (Phi) is 8.13. The van der Waals surface area contributed by atoms with Crippen LogP contribution in [0.2, 0.25) is 0 Å². The number of aliphatic imine (C=N–C) groups is 1. The van der Waals surface area contributed by atoms with Gasteiger partial charge >= 0.3 is 0 Å². The average molecular weight is 421 g/mol. The first-order chi connectivity index (χ1) is 10.1. The van der Waals surface area contributed by atoms with Crippen molar-refractivity contribution in [2.45, 2.75) is 40.0 Å². The van der Waals surface area contributed by atoms with Gasteiger partial charge in [-0.25, -0.2) is 0 Å². The summed E-state index contributed by atoms with van der Waals surface area (Å²) in [6, 6.07) is 0. The zero-order chi connectivity index (χ0) is 15.2. The maximum absolute atomic E-state index is 5.11. The molecule has 6 nitrogen and oxygen atoms in total. The lowest BCUT2D eigenvalue weighted by atomic mass is 9.97. The van der Waals surface area contributed by atoms with Crippen molar-refractivity contribution in [2.75, 3.05) is 26.7 Å². The Hall–Kier alpha value is -0.860. The Morgan fingerprint density at radius 2 is 2.27 bits per heavy atom. The van der Waals surface area contributed by atoms with Gasteiger partial charge in [0.15, 0.2) is 11.8 Å². The van der Waals surface area contributed by atoms with Gasteiger partial charge in [0.05, 0.1) is 0 Å². The first kappa shape index (κ1) is 19.2. The molecule has 0 amide bonds. The number of likely N-dealkylation sites (tertiary alicyclic amines) is 1. The van der Waals surface area contributed by atoms with Crippen LogP contribution in [0.15, 0.2) is 9.52 Å². The Balaban J connectivity index is 0.00000242. The fraction of sp³-hybridized carbons (Fsp3) is 0.800. The van der Waals surface area contributed by atoms with Gasteiger partial charge in [0, 0.05) is 33.1 Å². The average Bonchev–Trinajstić information content (AvgIpc) is 3.03. The van der Waals surface area contributed by atoms with Gasteiger partial charge in [-0.2, -0.15) is 4.98 Å². The van der Waals surface area contributed by atoms with Crippen molar-refractivity contribution in [2.24, 2.45) is 16.8 Å². The zero-order valence-electron chi connectivity index (χ0n) is 14.0. The van der Waals surface area contributed by atoms with Crippen LogP contribution in [0.25, 0.3) is 0 Å². The van der Waals surface area contributed by atoms with Crippen LogP contribution >= 0.6 is 24.0 Å². The van der Waals surface area contributed by atoms with Crippen molar-refractivity contribution >= 4 is 29.9 Å². The number of nitrogens with one attached hydrogen (secondary N) is 1. The summed E-state index contributed by atoms with van der Waals surface area (Å²) in [5, 5.41) is 7.19. The number of aromatic nitrogens is 2. The Morgan fingerprint density at radius 3 is 2.86 bits per heavy atom. The topological polar surface area (TPSA) is 66.5 Å². The van der Waals surface area contributed by atoms with Gasteiger partial charge < -0.3 is 14.7 Å². The van der Waals surface area contributed by atoms with E-state index in [4.69, 9.17) is 4.52 Å². The highest BCUT2D eigenvalue weighted by Gasteiger charge is 2.25. The van der Waals surface area contributed by atoms with Crippen LogP contribution < -0.4 is 5.32 Å². The summed E-state index contributed by atoms with van der Waals surface area (Å²) in [5.74, 6) is 3.91. The Labute approximate surface area is 150 Å². The number of nitrogens with zero attached hydrogens (tertiary/aromatic N) is 4. The lowest BCUT2D eigenvalue weighted by molar-refractivity contribution is 0.372. The van der Waals surface area contributed by atoms with E-state index >= 15 is 0 Å². The number of hydrogen-bond acceptors (Lipinski definition) is 4. The largest absolute Gasteiger partial charge is 0.356 e. The number of aryl methyl sites for hydroxylation is 1. The molecule has 2 heterocycles. The normalized spacial score (nSPS) is 18.7. The predicted molar refractivity (Wildman–Crippen MR) is 98.7 cm³/mol. The van der Waals surface area contributed by atoms with E-state index in [9.17, 15) is 0 Å². The van der Waals surface area contributed by atoms with E-state index in [1.807, 2.05) is 14.0 Å². The highest BCUT2D eigenvalue weighted by Crippen LogP contribution is 2.23. The van der Waals surface area contributed by atoms with Crippen LogP contribution in [0.1, 0.15) is 38.4 Å². The predicted octanol–water partition coefficient (Wildman–Crippen LogP) is 2.48. The van der Waals surface area contributed by atoms with Gasteiger partial charge in [0.25, 0.3) is 0 Å². The number of rotatable bonds is 5. The number of halogens is 1. The maximum atomic E-state index is 5.11. The lowest BCUT2D eigenvalue weighted by Crippen LogP contribution is -2.40. The third-order valence-electron chi connectivity index (χ3n) is 3.79. The van der Waals surface area contributed by atoms with Crippen molar-refractivity contribution < 1.29 is 4.52 Å². The lowest BCUT2D eigenvalue weighted by Gasteiger charge is -2.21. The summed E-state index contributed by atoms with van der Waals surface area (Å²) in [4.78, 5) is 10.9. The molecular formula is C15H28IN5O. The quantitative estimate of drug-likeness (QED) is 0.450. The number of hydrogen-bond donors (Lipinski definition) is 1. The molecule has 0 aliphatic carbocycles. The van der Waals surface area contributed by atoms with Gasteiger partial charge in [0.2, 0.25) is 5.89 Å². The summed E-state index contributed by atoms with van der Waals surface area (Å²) in [6.07, 6.45) is 3.29. The fourth-order valence-electron chi connectivity index (χ4n) is 2.94. The molecular weight excluding hydrogens is 393 g/mol. The summed E-state index contributed by atoms with van der Waals surface area (Å²) in [7, 11) is 1.84. The van der Waals surface area contributed by atoms with E-state index < -0.39 is 0 Å². The molecule has 1 aliphatic heterocycles. The van der Waals surface area contributed by atoms with Crippen LogP contribution in [0.5, 0.6) is 0 Å². The first-order valence-electron chi connectivity index (χ1n) is 7.83. The van der Waals surface area contributed by atoms with Crippen molar-refractivity contribution in [1.82, 2.24) is 20.4 Å².